The molecule has 0 saturated carbocycles. The third-order valence-corrected chi connectivity index (χ3v) is 2.85. The molecule has 0 spiro atoms. The number of hydrogen-bond acceptors (Lipinski definition) is 2. The largest absolute Gasteiger partial charge is 0.466 e. The van der Waals surface area contributed by atoms with Gasteiger partial charge in [0.2, 0.25) is 0 Å². The lowest BCUT2D eigenvalue weighted by Gasteiger charge is -2.21. The summed E-state index contributed by atoms with van der Waals surface area (Å²) in [4.78, 5) is 25.1. The third-order valence-electron chi connectivity index (χ3n) is 2.85. The highest BCUT2D eigenvalue weighted by Crippen LogP contribution is 2.33. The first-order valence-corrected chi connectivity index (χ1v) is 8.07. The fraction of sp³-hybridized carbons (Fsp3) is 0.583. The van der Waals surface area contributed by atoms with Gasteiger partial charge in [-0.1, -0.05) is 0 Å². The van der Waals surface area contributed by atoms with Gasteiger partial charge in [0.15, 0.2) is 0 Å². The maximum Gasteiger partial charge on any atom is 0.466 e. The lowest BCUT2D eigenvalue weighted by atomic mass is 9.96. The second-order valence-corrected chi connectivity index (χ2v) is 6.05. The van der Waals surface area contributed by atoms with E-state index in [-0.39, 0.29) is 5.69 Å². The average molecular weight is 419 g/mol. The summed E-state index contributed by atoms with van der Waals surface area (Å²) in [5.41, 5.74) is -1.30. The van der Waals surface area contributed by atoms with Crippen LogP contribution in [0.5, 0.6) is 0 Å². The fourth-order valence-corrected chi connectivity index (χ4v) is 1.70. The van der Waals surface area contributed by atoms with Gasteiger partial charge in [-0.2, -0.15) is 17.6 Å². The van der Waals surface area contributed by atoms with Crippen molar-refractivity contribution in [2.75, 3.05) is 0 Å². The van der Waals surface area contributed by atoms with Crippen molar-refractivity contribution >= 4 is 7.82 Å². The van der Waals surface area contributed by atoms with E-state index in [9.17, 15) is 35.1 Å². The molecule has 0 unspecified atom stereocenters. The van der Waals surface area contributed by atoms with Crippen molar-refractivity contribution < 1.29 is 54.4 Å². The number of pyridine rings is 1. The van der Waals surface area contributed by atoms with Crippen molar-refractivity contribution in [3.63, 3.8) is 0 Å². The molecule has 1 aromatic heterocycles. The Hall–Kier alpha value is -1.30. The van der Waals surface area contributed by atoms with Crippen LogP contribution in [0.1, 0.15) is 16.8 Å². The van der Waals surface area contributed by atoms with Crippen molar-refractivity contribution in [3.8, 4) is 0 Å². The van der Waals surface area contributed by atoms with Crippen LogP contribution in [0.15, 0.2) is 12.3 Å². The predicted molar refractivity (Wildman–Crippen MR) is 72.5 cm³/mol. The van der Waals surface area contributed by atoms with E-state index in [0.29, 0.717) is 0 Å². The smallest absolute Gasteiger partial charge is 0.303 e. The molecule has 0 radical (unpaired) electrons. The lowest BCUT2D eigenvalue weighted by Crippen LogP contribution is -2.32. The molecule has 0 bridgehead atoms. The van der Waals surface area contributed by atoms with Crippen molar-refractivity contribution in [1.29, 1.82) is 0 Å². The van der Waals surface area contributed by atoms with E-state index < -0.39 is 56.5 Å². The molecule has 1 aromatic rings. The van der Waals surface area contributed by atoms with E-state index in [2.05, 4.69) is 4.98 Å². The topological polar surface area (TPSA) is 90.7 Å². The highest BCUT2D eigenvalue weighted by atomic mass is 31.2. The molecule has 0 aliphatic carbocycles. The zero-order valence-corrected chi connectivity index (χ0v) is 13.8. The van der Waals surface area contributed by atoms with Gasteiger partial charge in [-0.25, -0.2) is 22.1 Å². The fourth-order valence-electron chi connectivity index (χ4n) is 1.70. The number of hydrogen-bond donors (Lipinski definition) is 3. The summed E-state index contributed by atoms with van der Waals surface area (Å²) in [6.45, 7) is 1.15. The Kier molecular flexibility index (Phi) is 8.61. The Morgan fingerprint density at radius 2 is 1.38 bits per heavy atom. The maximum atomic E-state index is 13.1. The van der Waals surface area contributed by atoms with Gasteiger partial charge < -0.3 is 14.7 Å². The number of rotatable bonds is 6. The summed E-state index contributed by atoms with van der Waals surface area (Å²) in [6, 6.07) is 0.847. The van der Waals surface area contributed by atoms with Crippen molar-refractivity contribution in [2.45, 2.75) is 44.5 Å². The standard InChI is InChI=1S/C12H11F8N.H3O4P/c1-6-8(5-12(19,20)10(15)16)7(2-3-21-6)4-11(17,18)9(13)14;1-5(2,3)4/h2-3,9-10H,4-5H2,1H3;(H3,1,2,3,4). The van der Waals surface area contributed by atoms with Crippen LogP contribution in [-0.4, -0.2) is 44.4 Å². The van der Waals surface area contributed by atoms with Crippen LogP contribution in [0, 0.1) is 6.92 Å². The number of alkyl halides is 8. The van der Waals surface area contributed by atoms with E-state index in [1.54, 1.807) is 0 Å². The van der Waals surface area contributed by atoms with Crippen LogP contribution in [0.3, 0.4) is 0 Å². The number of aryl methyl sites for hydroxylation is 1. The van der Waals surface area contributed by atoms with Gasteiger partial charge in [0.25, 0.3) is 0 Å². The third kappa shape index (κ3) is 8.88. The molecular formula is C12H14F8NO4P. The zero-order valence-electron chi connectivity index (χ0n) is 12.9. The number of halogens is 8. The van der Waals surface area contributed by atoms with E-state index >= 15 is 0 Å². The molecule has 0 fully saturated rings. The molecule has 1 heterocycles. The molecule has 14 heteroatoms. The minimum absolute atomic E-state index is 0.183. The molecule has 0 amide bonds. The van der Waals surface area contributed by atoms with Crippen molar-refractivity contribution in [3.05, 3.63) is 29.1 Å². The normalized spacial score (nSPS) is 13.0. The molecule has 0 aliphatic rings. The molecule has 0 aromatic carbocycles. The maximum absolute atomic E-state index is 13.1. The Morgan fingerprint density at radius 1 is 1.00 bits per heavy atom. The second kappa shape index (κ2) is 9.07. The van der Waals surface area contributed by atoms with Crippen LogP contribution >= 0.6 is 7.82 Å². The van der Waals surface area contributed by atoms with E-state index in [1.165, 1.54) is 0 Å². The molecule has 0 saturated heterocycles. The summed E-state index contributed by atoms with van der Waals surface area (Å²) >= 11 is 0. The molecule has 5 nitrogen and oxygen atoms in total. The van der Waals surface area contributed by atoms with Crippen LogP contribution in [0.25, 0.3) is 0 Å². The summed E-state index contributed by atoms with van der Waals surface area (Å²) in [5, 5.41) is 0. The monoisotopic (exact) mass is 419 g/mol. The Morgan fingerprint density at radius 3 is 1.77 bits per heavy atom. The SMILES string of the molecule is Cc1nccc(CC(F)(F)C(F)F)c1CC(F)(F)C(F)F.O=P(O)(O)O. The van der Waals surface area contributed by atoms with Gasteiger partial charge in [0.05, 0.1) is 0 Å². The average Bonchev–Trinajstić information content (AvgIpc) is 2.40. The minimum Gasteiger partial charge on any atom is -0.303 e. The predicted octanol–water partition coefficient (Wildman–Crippen LogP) is 3.35. The summed E-state index contributed by atoms with van der Waals surface area (Å²) in [5.74, 6) is -8.90. The lowest BCUT2D eigenvalue weighted by molar-refractivity contribution is -0.130. The molecular weight excluding hydrogens is 405 g/mol. The Balaban J connectivity index is 0.00000110. The Bertz CT molecular complexity index is 629. The van der Waals surface area contributed by atoms with Crippen LogP contribution < -0.4 is 0 Å². The summed E-state index contributed by atoms with van der Waals surface area (Å²) in [7, 11) is -4.64. The van der Waals surface area contributed by atoms with Gasteiger partial charge in [-0.3, -0.25) is 4.98 Å². The number of aromatic nitrogens is 1. The zero-order chi connectivity index (χ0) is 20.9. The highest BCUT2D eigenvalue weighted by molar-refractivity contribution is 7.45. The number of phosphoric acid groups is 1. The van der Waals surface area contributed by atoms with Gasteiger partial charge in [-0.05, 0) is 24.1 Å². The molecule has 26 heavy (non-hydrogen) atoms. The summed E-state index contributed by atoms with van der Waals surface area (Å²) in [6.07, 6.45) is -10.1. The van der Waals surface area contributed by atoms with E-state index in [0.717, 1.165) is 19.2 Å². The first-order valence-electron chi connectivity index (χ1n) is 6.51. The summed E-state index contributed by atoms with van der Waals surface area (Å²) < 4.78 is 110. The minimum atomic E-state index is -4.64. The van der Waals surface area contributed by atoms with Crippen molar-refractivity contribution in [1.82, 2.24) is 4.98 Å². The second-order valence-electron chi connectivity index (χ2n) is 5.02. The molecule has 1 rings (SSSR count). The van der Waals surface area contributed by atoms with E-state index in [4.69, 9.17) is 19.2 Å². The van der Waals surface area contributed by atoms with Gasteiger partial charge >= 0.3 is 32.5 Å². The molecule has 152 valence electrons. The van der Waals surface area contributed by atoms with Crippen LogP contribution in [0.2, 0.25) is 0 Å². The first kappa shape index (κ1) is 24.7. The van der Waals surface area contributed by atoms with E-state index in [1.807, 2.05) is 0 Å². The highest BCUT2D eigenvalue weighted by Gasteiger charge is 2.44. The number of nitrogens with zero attached hydrogens (tertiary/aromatic N) is 1. The molecule has 3 N–H and O–H groups in total. The quantitative estimate of drug-likeness (QED) is 0.486. The van der Waals surface area contributed by atoms with Gasteiger partial charge in [-0.15, -0.1) is 0 Å². The molecule has 0 atom stereocenters. The molecule has 0 aliphatic heterocycles. The van der Waals surface area contributed by atoms with Crippen LogP contribution in [-0.2, 0) is 17.4 Å². The first-order chi connectivity index (χ1) is 11.5. The Labute approximate surface area is 141 Å². The van der Waals surface area contributed by atoms with Crippen molar-refractivity contribution in [2.24, 2.45) is 0 Å². The van der Waals surface area contributed by atoms with Gasteiger partial charge in [0.1, 0.15) is 0 Å². The van der Waals surface area contributed by atoms with Gasteiger partial charge in [0, 0.05) is 24.7 Å². The van der Waals surface area contributed by atoms with Crippen LogP contribution in [0.4, 0.5) is 35.1 Å².